The molecule has 1 atom stereocenters. The zero-order valence-electron chi connectivity index (χ0n) is 9.88. The summed E-state index contributed by atoms with van der Waals surface area (Å²) < 4.78 is 1.64. The highest BCUT2D eigenvalue weighted by atomic mass is 16.2. The lowest BCUT2D eigenvalue weighted by atomic mass is 10.1. The van der Waals surface area contributed by atoms with Gasteiger partial charge in [-0.1, -0.05) is 6.92 Å². The molecule has 0 aromatic carbocycles. The van der Waals surface area contributed by atoms with Gasteiger partial charge in [0.1, 0.15) is 5.82 Å². The largest absolute Gasteiger partial charge is 0.369 e. The Balaban J connectivity index is 2.22. The lowest BCUT2D eigenvalue weighted by molar-refractivity contribution is -0.123. The van der Waals surface area contributed by atoms with Gasteiger partial charge < -0.3 is 5.73 Å². The molecule has 0 bridgehead atoms. The second kappa shape index (κ2) is 4.15. The van der Waals surface area contributed by atoms with E-state index in [1.807, 2.05) is 6.92 Å². The summed E-state index contributed by atoms with van der Waals surface area (Å²) in [5, 5.41) is 4.17. The van der Waals surface area contributed by atoms with Gasteiger partial charge >= 0.3 is 0 Å². The van der Waals surface area contributed by atoms with Gasteiger partial charge in [-0.05, 0) is 0 Å². The van der Waals surface area contributed by atoms with Crippen LogP contribution in [-0.2, 0) is 23.1 Å². The zero-order valence-corrected chi connectivity index (χ0v) is 9.88. The second-order valence-corrected chi connectivity index (χ2v) is 4.11. The van der Waals surface area contributed by atoms with Crippen molar-refractivity contribution >= 4 is 17.8 Å². The highest BCUT2D eigenvalue weighted by Crippen LogP contribution is 2.22. The van der Waals surface area contributed by atoms with E-state index in [9.17, 15) is 9.59 Å². The predicted molar refractivity (Wildman–Crippen MR) is 60.0 cm³/mol. The van der Waals surface area contributed by atoms with Crippen LogP contribution in [0.15, 0.2) is 0 Å². The van der Waals surface area contributed by atoms with Gasteiger partial charge in [0.15, 0.2) is 0 Å². The van der Waals surface area contributed by atoms with E-state index in [1.165, 1.54) is 4.90 Å². The Morgan fingerprint density at radius 3 is 2.76 bits per heavy atom. The van der Waals surface area contributed by atoms with E-state index in [4.69, 9.17) is 5.73 Å². The van der Waals surface area contributed by atoms with Gasteiger partial charge in [-0.3, -0.25) is 19.2 Å². The van der Waals surface area contributed by atoms with Crippen molar-refractivity contribution in [3.05, 3.63) is 5.82 Å². The molecule has 1 fully saturated rings. The molecule has 1 unspecified atom stereocenters. The number of anilines is 1. The lowest BCUT2D eigenvalue weighted by Gasteiger charge is -2.10. The van der Waals surface area contributed by atoms with Crippen LogP contribution in [0.4, 0.5) is 5.95 Å². The summed E-state index contributed by atoms with van der Waals surface area (Å²) in [6, 6.07) is 0. The van der Waals surface area contributed by atoms with Crippen LogP contribution in [0.5, 0.6) is 0 Å². The molecule has 17 heavy (non-hydrogen) atoms. The molecule has 2 amide bonds. The molecule has 0 spiro atoms. The van der Waals surface area contributed by atoms with E-state index < -0.39 is 11.8 Å². The molecule has 2 N–H and O–H groups in total. The standard InChI is InChI=1S/C10H15N5O2/c1-3-7-12-10(13-14(7)2)15-5-6(9(11)17)4-8(15)16/h6H,3-5H2,1-2H3,(H2,11,17). The van der Waals surface area contributed by atoms with E-state index in [0.29, 0.717) is 5.95 Å². The van der Waals surface area contributed by atoms with Crippen LogP contribution in [0.25, 0.3) is 0 Å². The monoisotopic (exact) mass is 237 g/mol. The molecule has 0 aliphatic carbocycles. The average molecular weight is 237 g/mol. The van der Waals surface area contributed by atoms with Crippen molar-refractivity contribution in [2.75, 3.05) is 11.4 Å². The van der Waals surface area contributed by atoms with Crippen molar-refractivity contribution < 1.29 is 9.59 Å². The number of amides is 2. The normalized spacial score (nSPS) is 20.0. The van der Waals surface area contributed by atoms with Crippen molar-refractivity contribution in [2.24, 2.45) is 18.7 Å². The first kappa shape index (κ1) is 11.6. The molecule has 1 aromatic heterocycles. The molecule has 1 aliphatic rings. The number of carbonyl (C=O) groups excluding carboxylic acids is 2. The summed E-state index contributed by atoms with van der Waals surface area (Å²) in [5.74, 6) is 0.124. The third-order valence-corrected chi connectivity index (χ3v) is 2.93. The number of nitrogens with two attached hydrogens (primary N) is 1. The molecule has 2 heterocycles. The van der Waals surface area contributed by atoms with E-state index in [1.54, 1.807) is 11.7 Å². The van der Waals surface area contributed by atoms with Crippen molar-refractivity contribution in [3.8, 4) is 0 Å². The Morgan fingerprint density at radius 1 is 1.59 bits per heavy atom. The van der Waals surface area contributed by atoms with Crippen LogP contribution in [-0.4, -0.2) is 33.1 Å². The molecule has 92 valence electrons. The Hall–Kier alpha value is -1.92. The molecule has 0 radical (unpaired) electrons. The van der Waals surface area contributed by atoms with Gasteiger partial charge in [0.25, 0.3) is 5.95 Å². The van der Waals surface area contributed by atoms with Crippen molar-refractivity contribution in [3.63, 3.8) is 0 Å². The SMILES string of the molecule is CCc1nc(N2CC(C(N)=O)CC2=O)nn1C. The van der Waals surface area contributed by atoms with Crippen LogP contribution in [0.2, 0.25) is 0 Å². The molecule has 0 saturated carbocycles. The van der Waals surface area contributed by atoms with Gasteiger partial charge in [-0.25, -0.2) is 0 Å². The highest BCUT2D eigenvalue weighted by molar-refractivity contribution is 5.98. The number of hydrogen-bond acceptors (Lipinski definition) is 4. The number of aromatic nitrogens is 3. The predicted octanol–water partition coefficient (Wildman–Crippen LogP) is -0.784. The van der Waals surface area contributed by atoms with E-state index in [2.05, 4.69) is 10.1 Å². The molecule has 7 heteroatoms. The molecule has 1 aliphatic heterocycles. The number of hydrogen-bond donors (Lipinski definition) is 1. The van der Waals surface area contributed by atoms with Gasteiger partial charge in [0.05, 0.1) is 5.92 Å². The van der Waals surface area contributed by atoms with Crippen molar-refractivity contribution in [2.45, 2.75) is 19.8 Å². The first-order chi connectivity index (χ1) is 8.02. The maximum Gasteiger partial charge on any atom is 0.251 e. The number of carbonyl (C=O) groups is 2. The van der Waals surface area contributed by atoms with Crippen LogP contribution in [0, 0.1) is 5.92 Å². The molecular weight excluding hydrogens is 222 g/mol. The first-order valence-electron chi connectivity index (χ1n) is 5.52. The third kappa shape index (κ3) is 2.00. The molecular formula is C10H15N5O2. The maximum atomic E-state index is 11.7. The summed E-state index contributed by atoms with van der Waals surface area (Å²) in [7, 11) is 1.78. The van der Waals surface area contributed by atoms with Crippen LogP contribution in [0.1, 0.15) is 19.2 Å². The molecule has 2 rings (SSSR count). The summed E-state index contributed by atoms with van der Waals surface area (Å²) in [5.41, 5.74) is 5.20. The van der Waals surface area contributed by atoms with Gasteiger partial charge in [0, 0.05) is 26.4 Å². The Morgan fingerprint density at radius 2 is 2.29 bits per heavy atom. The fraction of sp³-hybridized carbons (Fsp3) is 0.600. The summed E-state index contributed by atoms with van der Waals surface area (Å²) >= 11 is 0. The Bertz CT molecular complexity index is 467. The lowest BCUT2D eigenvalue weighted by Crippen LogP contribution is -2.29. The summed E-state index contributed by atoms with van der Waals surface area (Å²) in [6.45, 7) is 2.24. The van der Waals surface area contributed by atoms with Crippen LogP contribution < -0.4 is 10.6 Å². The smallest absolute Gasteiger partial charge is 0.251 e. The van der Waals surface area contributed by atoms with Crippen molar-refractivity contribution in [1.29, 1.82) is 0 Å². The van der Waals surface area contributed by atoms with Gasteiger partial charge in [-0.15, -0.1) is 5.10 Å². The van der Waals surface area contributed by atoms with Gasteiger partial charge in [-0.2, -0.15) is 4.98 Å². The van der Waals surface area contributed by atoms with E-state index in [-0.39, 0.29) is 18.9 Å². The number of primary amides is 1. The minimum atomic E-state index is -0.451. The molecule has 1 saturated heterocycles. The Kier molecular flexibility index (Phi) is 2.83. The summed E-state index contributed by atoms with van der Waals surface area (Å²) in [6.07, 6.45) is 0.889. The molecule has 1 aromatic rings. The fourth-order valence-corrected chi connectivity index (χ4v) is 1.92. The maximum absolute atomic E-state index is 11.7. The number of aryl methyl sites for hydroxylation is 2. The number of nitrogens with zero attached hydrogens (tertiary/aromatic N) is 4. The average Bonchev–Trinajstić information content (AvgIpc) is 2.81. The minimum absolute atomic E-state index is 0.148. The first-order valence-corrected chi connectivity index (χ1v) is 5.52. The second-order valence-electron chi connectivity index (χ2n) is 4.11. The third-order valence-electron chi connectivity index (χ3n) is 2.93. The number of rotatable bonds is 3. The van der Waals surface area contributed by atoms with Crippen molar-refractivity contribution in [1.82, 2.24) is 14.8 Å². The minimum Gasteiger partial charge on any atom is -0.369 e. The Labute approximate surface area is 98.6 Å². The highest BCUT2D eigenvalue weighted by Gasteiger charge is 2.35. The van der Waals surface area contributed by atoms with Gasteiger partial charge in [0.2, 0.25) is 11.8 Å². The molecule has 7 nitrogen and oxygen atoms in total. The van der Waals surface area contributed by atoms with Crippen LogP contribution in [0.3, 0.4) is 0 Å². The van der Waals surface area contributed by atoms with E-state index >= 15 is 0 Å². The fourth-order valence-electron chi connectivity index (χ4n) is 1.92. The zero-order chi connectivity index (χ0) is 12.6. The summed E-state index contributed by atoms with van der Waals surface area (Å²) in [4.78, 5) is 28.5. The van der Waals surface area contributed by atoms with Crippen LogP contribution >= 0.6 is 0 Å². The quantitative estimate of drug-likeness (QED) is 0.745. The van der Waals surface area contributed by atoms with E-state index in [0.717, 1.165) is 12.2 Å². The topological polar surface area (TPSA) is 94.1 Å².